The fourth-order valence-electron chi connectivity index (χ4n) is 3.36. The van der Waals surface area contributed by atoms with Crippen molar-refractivity contribution in [1.82, 2.24) is 14.5 Å². The average molecular weight is 490 g/mol. The number of hydrogen-bond donors (Lipinski definition) is 4. The van der Waals surface area contributed by atoms with Crippen molar-refractivity contribution in [2.75, 3.05) is 11.9 Å². The maximum atomic E-state index is 13.1. The van der Waals surface area contributed by atoms with Crippen LogP contribution >= 0.6 is 0 Å². The lowest BCUT2D eigenvalue weighted by molar-refractivity contribution is -0.0163. The molecule has 0 amide bonds. The molecule has 0 aliphatic rings. The number of nitrogens with one attached hydrogen (secondary N) is 1. The number of ketones is 1. The topological polar surface area (TPSA) is 170 Å². The van der Waals surface area contributed by atoms with Gasteiger partial charge in [-0.2, -0.15) is 8.42 Å². The highest BCUT2D eigenvalue weighted by Crippen LogP contribution is 2.20. The predicted molar refractivity (Wildman–Crippen MR) is 124 cm³/mol. The molecule has 182 valence electrons. The fraction of sp³-hybridized carbons (Fsp3) is 0.318. The number of aliphatic hydroxyl groups is 2. The van der Waals surface area contributed by atoms with Gasteiger partial charge in [0.1, 0.15) is 18.2 Å². The Morgan fingerprint density at radius 2 is 1.97 bits per heavy atom. The molecule has 2 heterocycles. The van der Waals surface area contributed by atoms with E-state index >= 15 is 0 Å². The Morgan fingerprint density at radius 3 is 2.65 bits per heavy atom. The molecule has 0 aliphatic heterocycles. The number of nitrogens with zero attached hydrogens (tertiary/aromatic N) is 3. The molecule has 0 saturated carbocycles. The van der Waals surface area contributed by atoms with Crippen LogP contribution in [0.2, 0.25) is 0 Å². The van der Waals surface area contributed by atoms with Crippen molar-refractivity contribution < 1.29 is 27.6 Å². The first-order valence-corrected chi connectivity index (χ1v) is 12.0. The Morgan fingerprint density at radius 1 is 1.24 bits per heavy atom. The number of anilines is 1. The number of nitrogens with two attached hydrogens (primary N) is 1. The third kappa shape index (κ3) is 6.92. The van der Waals surface area contributed by atoms with Crippen molar-refractivity contribution in [2.45, 2.75) is 32.2 Å². The number of benzene rings is 1. The van der Waals surface area contributed by atoms with E-state index in [-0.39, 0.29) is 17.2 Å². The molecule has 11 nitrogen and oxygen atoms in total. The minimum atomic E-state index is -4.19. The van der Waals surface area contributed by atoms with Crippen molar-refractivity contribution in [2.24, 2.45) is 11.1 Å². The zero-order chi connectivity index (χ0) is 24.7. The summed E-state index contributed by atoms with van der Waals surface area (Å²) in [5.74, 6) is -1.11. The van der Waals surface area contributed by atoms with Crippen LogP contribution in [0.25, 0.3) is 0 Å². The largest absolute Gasteiger partial charge is 0.388 e. The minimum Gasteiger partial charge on any atom is -0.388 e. The summed E-state index contributed by atoms with van der Waals surface area (Å²) >= 11 is 0. The van der Waals surface area contributed by atoms with E-state index in [2.05, 4.69) is 19.5 Å². The van der Waals surface area contributed by atoms with Gasteiger partial charge in [-0.3, -0.25) is 8.98 Å². The van der Waals surface area contributed by atoms with Crippen LogP contribution in [-0.2, 0) is 21.0 Å². The molecule has 34 heavy (non-hydrogen) atoms. The van der Waals surface area contributed by atoms with Crippen LogP contribution in [0, 0.1) is 5.92 Å². The van der Waals surface area contributed by atoms with Gasteiger partial charge >= 0.3 is 10.3 Å². The number of hydrogen-bond acceptors (Lipinski definition) is 9. The zero-order valence-electron chi connectivity index (χ0n) is 18.5. The first-order valence-electron chi connectivity index (χ1n) is 10.5. The highest BCUT2D eigenvalue weighted by molar-refractivity contribution is 7.84. The first-order chi connectivity index (χ1) is 16.2. The normalized spacial score (nSPS) is 14.4. The van der Waals surface area contributed by atoms with E-state index in [1.165, 1.54) is 12.5 Å². The van der Waals surface area contributed by atoms with Crippen LogP contribution in [0.5, 0.6) is 0 Å². The Labute approximate surface area is 197 Å². The Bertz CT molecular complexity index is 1200. The lowest BCUT2D eigenvalue weighted by Gasteiger charge is -2.26. The molecule has 0 fully saturated rings. The standard InChI is InChI=1S/C22H27N5O6S/c1-2-16(13-33-34(23,31)32)20(29)22(30)26-21-18(10-24-14-25-21)19(28)17-8-9-27(12-17)11-15-6-4-3-5-7-15/h3-10,12,14,16,20,22,29-30H,2,11,13H2,1H3,(H2,23,31,32)(H,24,25,26)/t16-,20-,22-/m1/s1. The van der Waals surface area contributed by atoms with Crippen LogP contribution in [-0.4, -0.2) is 57.9 Å². The molecule has 3 atom stereocenters. The molecule has 12 heteroatoms. The van der Waals surface area contributed by atoms with Crippen molar-refractivity contribution >= 4 is 21.9 Å². The van der Waals surface area contributed by atoms with Crippen molar-refractivity contribution in [3.8, 4) is 0 Å². The molecule has 3 rings (SSSR count). The second-order valence-electron chi connectivity index (χ2n) is 7.70. The maximum Gasteiger partial charge on any atom is 0.333 e. The number of carbonyl (C=O) groups excluding carboxylic acids is 1. The van der Waals surface area contributed by atoms with Crippen molar-refractivity contribution in [3.63, 3.8) is 0 Å². The summed E-state index contributed by atoms with van der Waals surface area (Å²) in [6.07, 6.45) is 3.28. The fourth-order valence-corrected chi connectivity index (χ4v) is 3.72. The van der Waals surface area contributed by atoms with Gasteiger partial charge in [0.05, 0.1) is 12.2 Å². The van der Waals surface area contributed by atoms with E-state index < -0.39 is 35.2 Å². The van der Waals surface area contributed by atoms with E-state index in [1.807, 2.05) is 34.9 Å². The van der Waals surface area contributed by atoms with Crippen molar-refractivity contribution in [1.29, 1.82) is 0 Å². The number of aliphatic hydroxyl groups excluding tert-OH is 2. The van der Waals surface area contributed by atoms with Crippen LogP contribution in [0.15, 0.2) is 61.3 Å². The molecule has 0 aliphatic carbocycles. The van der Waals surface area contributed by atoms with Gasteiger partial charge in [-0.1, -0.05) is 37.3 Å². The van der Waals surface area contributed by atoms with Gasteiger partial charge in [-0.15, -0.1) is 0 Å². The molecule has 0 unspecified atom stereocenters. The Kier molecular flexibility index (Phi) is 8.47. The third-order valence-electron chi connectivity index (χ3n) is 5.24. The SMILES string of the molecule is CC[C@H](COS(N)(=O)=O)[C@@H](O)[C@@H](O)Nc1ncncc1C(=O)c1ccn(Cc2ccccc2)c1. The lowest BCUT2D eigenvalue weighted by atomic mass is 9.99. The molecule has 0 bridgehead atoms. The Hall–Kier alpha value is -3.16. The number of carbonyl (C=O) groups is 1. The first kappa shape index (κ1) is 25.5. The zero-order valence-corrected chi connectivity index (χ0v) is 19.3. The summed E-state index contributed by atoms with van der Waals surface area (Å²) < 4.78 is 28.5. The molecule has 5 N–H and O–H groups in total. The molecule has 3 aromatic rings. The molecule has 0 radical (unpaired) electrons. The lowest BCUT2D eigenvalue weighted by Crippen LogP contribution is -2.41. The van der Waals surface area contributed by atoms with E-state index in [0.717, 1.165) is 5.56 Å². The molecule has 1 aromatic carbocycles. The van der Waals surface area contributed by atoms with E-state index in [4.69, 9.17) is 5.14 Å². The summed E-state index contributed by atoms with van der Waals surface area (Å²) in [7, 11) is -4.19. The highest BCUT2D eigenvalue weighted by atomic mass is 32.2. The van der Waals surface area contributed by atoms with Gasteiger partial charge in [-0.25, -0.2) is 15.1 Å². The van der Waals surface area contributed by atoms with Crippen LogP contribution in [0.3, 0.4) is 0 Å². The molecular formula is C22H27N5O6S. The quantitative estimate of drug-likeness (QED) is 0.213. The van der Waals surface area contributed by atoms with Gasteiger partial charge in [0.25, 0.3) is 0 Å². The number of rotatable bonds is 12. The second-order valence-corrected chi connectivity index (χ2v) is 8.92. The van der Waals surface area contributed by atoms with E-state index in [0.29, 0.717) is 18.5 Å². The predicted octanol–water partition coefficient (Wildman–Crippen LogP) is 0.895. The molecular weight excluding hydrogens is 462 g/mol. The van der Waals surface area contributed by atoms with Crippen LogP contribution in [0.4, 0.5) is 5.82 Å². The summed E-state index contributed by atoms with van der Waals surface area (Å²) in [4.78, 5) is 21.0. The molecule has 0 saturated heterocycles. The van der Waals surface area contributed by atoms with Crippen LogP contribution in [0.1, 0.15) is 34.8 Å². The van der Waals surface area contributed by atoms with Gasteiger partial charge in [-0.05, 0) is 18.1 Å². The highest BCUT2D eigenvalue weighted by Gasteiger charge is 2.28. The maximum absolute atomic E-state index is 13.1. The summed E-state index contributed by atoms with van der Waals surface area (Å²) in [6.45, 7) is 1.86. The van der Waals surface area contributed by atoms with E-state index in [1.54, 1.807) is 25.4 Å². The van der Waals surface area contributed by atoms with E-state index in [9.17, 15) is 23.4 Å². The number of aromatic nitrogens is 3. The smallest absolute Gasteiger partial charge is 0.333 e. The molecule has 2 aromatic heterocycles. The summed E-state index contributed by atoms with van der Waals surface area (Å²) in [5.41, 5.74) is 1.58. The molecule has 0 spiro atoms. The van der Waals surface area contributed by atoms with Gasteiger partial charge in [0, 0.05) is 36.6 Å². The van der Waals surface area contributed by atoms with Gasteiger partial charge in [0.15, 0.2) is 12.0 Å². The van der Waals surface area contributed by atoms with Crippen molar-refractivity contribution in [3.05, 3.63) is 78.0 Å². The second kappa shape index (κ2) is 11.3. The van der Waals surface area contributed by atoms with Crippen LogP contribution < -0.4 is 10.5 Å². The summed E-state index contributed by atoms with van der Waals surface area (Å²) in [5, 5.41) is 28.4. The monoisotopic (exact) mass is 489 g/mol. The average Bonchev–Trinajstić information content (AvgIpc) is 3.27. The Balaban J connectivity index is 1.72. The van der Waals surface area contributed by atoms with Gasteiger partial charge < -0.3 is 20.1 Å². The minimum absolute atomic E-state index is 0.0181. The third-order valence-corrected chi connectivity index (χ3v) is 5.70. The summed E-state index contributed by atoms with van der Waals surface area (Å²) in [6, 6.07) is 11.4. The van der Waals surface area contributed by atoms with Gasteiger partial charge in [0.2, 0.25) is 0 Å².